The molecule has 8 N–H and O–H groups in total. The van der Waals surface area contributed by atoms with Crippen molar-refractivity contribution in [3.05, 3.63) is 0 Å². The van der Waals surface area contributed by atoms with Crippen LogP contribution < -0.4 is 21.7 Å². The van der Waals surface area contributed by atoms with Gasteiger partial charge in [-0.1, -0.05) is 38.5 Å². The topological polar surface area (TPSA) is 140 Å². The molecule has 2 aliphatic heterocycles. The zero-order valence-corrected chi connectivity index (χ0v) is 22.1. The monoisotopic (exact) mass is 496 g/mol. The third-order valence-electron chi connectivity index (χ3n) is 9.12. The number of aliphatic hydroxyl groups is 2. The van der Waals surface area contributed by atoms with E-state index in [2.05, 4.69) is 29.8 Å². The maximum absolute atomic E-state index is 11.4. The Morgan fingerprint density at radius 1 is 1.14 bits per heavy atom. The number of unbranched alkanes of at least 4 members (excludes halogenated alkanes) is 2. The van der Waals surface area contributed by atoms with Crippen LogP contribution in [-0.4, -0.2) is 69.9 Å². The molecule has 0 radical (unpaired) electrons. The Labute approximate surface area is 212 Å². The maximum atomic E-state index is 11.4. The highest BCUT2D eigenvalue weighted by atomic mass is 16.4. The first-order chi connectivity index (χ1) is 16.6. The Bertz CT molecular complexity index is 659. The van der Waals surface area contributed by atoms with Gasteiger partial charge in [-0.3, -0.25) is 4.79 Å². The third kappa shape index (κ3) is 9.24. The summed E-state index contributed by atoms with van der Waals surface area (Å²) < 4.78 is 0. The second kappa shape index (κ2) is 13.2. The predicted octanol–water partition coefficient (Wildman–Crippen LogP) is 2.47. The summed E-state index contributed by atoms with van der Waals surface area (Å²) in [4.78, 5) is 11.4. The summed E-state index contributed by atoms with van der Waals surface area (Å²) in [6, 6.07) is 0.777. The van der Waals surface area contributed by atoms with Crippen molar-refractivity contribution < 1.29 is 20.1 Å². The molecule has 3 aliphatic rings. The van der Waals surface area contributed by atoms with Gasteiger partial charge >= 0.3 is 5.97 Å². The number of β-amino-alcohol motifs (C(OH)–C–C–N with tert-alkyl or cyclic N) is 1. The summed E-state index contributed by atoms with van der Waals surface area (Å²) in [5.74, 6) is 0.590. The van der Waals surface area contributed by atoms with Gasteiger partial charge in [0.1, 0.15) is 0 Å². The van der Waals surface area contributed by atoms with Gasteiger partial charge < -0.3 is 37.0 Å². The van der Waals surface area contributed by atoms with Crippen LogP contribution in [-0.2, 0) is 4.79 Å². The lowest BCUT2D eigenvalue weighted by Gasteiger charge is -2.41. The maximum Gasteiger partial charge on any atom is 0.306 e. The molecule has 0 amide bonds. The number of carbonyl (C=O) groups is 1. The number of rotatable bonds is 12. The van der Waals surface area contributed by atoms with Gasteiger partial charge in [0.05, 0.1) is 24.3 Å². The van der Waals surface area contributed by atoms with Crippen LogP contribution >= 0.6 is 0 Å². The van der Waals surface area contributed by atoms with Gasteiger partial charge in [0.25, 0.3) is 0 Å². The fourth-order valence-corrected chi connectivity index (χ4v) is 6.70. The molecule has 0 bridgehead atoms. The van der Waals surface area contributed by atoms with E-state index in [1.165, 1.54) is 32.1 Å². The van der Waals surface area contributed by atoms with E-state index >= 15 is 0 Å². The Morgan fingerprint density at radius 3 is 2.54 bits per heavy atom. The quantitative estimate of drug-likeness (QED) is 0.204. The van der Waals surface area contributed by atoms with E-state index in [1.54, 1.807) is 0 Å². The summed E-state index contributed by atoms with van der Waals surface area (Å²) in [5.41, 5.74) is 4.64. The number of nitrogens with one attached hydrogen (secondary N) is 3. The summed E-state index contributed by atoms with van der Waals surface area (Å²) in [5, 5.41) is 40.8. The number of piperidine rings is 2. The average Bonchev–Trinajstić information content (AvgIpc) is 2.79. The van der Waals surface area contributed by atoms with Crippen LogP contribution in [0.1, 0.15) is 104 Å². The van der Waals surface area contributed by atoms with Crippen LogP contribution in [0.15, 0.2) is 0 Å². The molecule has 0 spiro atoms. The summed E-state index contributed by atoms with van der Waals surface area (Å²) in [6.07, 6.45) is 13.1. The van der Waals surface area contributed by atoms with Crippen molar-refractivity contribution >= 4 is 5.97 Å². The molecule has 6 atom stereocenters. The average molecular weight is 497 g/mol. The molecule has 2 saturated heterocycles. The van der Waals surface area contributed by atoms with Crippen molar-refractivity contribution in [2.45, 2.75) is 139 Å². The number of nitrogens with two attached hydrogens (primary N) is 1. The normalized spacial score (nSPS) is 38.1. The van der Waals surface area contributed by atoms with E-state index in [0.717, 1.165) is 63.3 Å². The minimum Gasteiger partial charge on any atom is -0.481 e. The smallest absolute Gasteiger partial charge is 0.306 e. The molecule has 1 aliphatic carbocycles. The predicted molar refractivity (Wildman–Crippen MR) is 139 cm³/mol. The molecule has 8 heteroatoms. The first-order valence-corrected chi connectivity index (χ1v) is 14.2. The van der Waals surface area contributed by atoms with E-state index < -0.39 is 11.6 Å². The lowest BCUT2D eigenvalue weighted by molar-refractivity contribution is -0.143. The van der Waals surface area contributed by atoms with Crippen LogP contribution in [0.5, 0.6) is 0 Å². The van der Waals surface area contributed by atoms with Gasteiger partial charge in [0.15, 0.2) is 0 Å². The molecule has 0 aromatic carbocycles. The standard InChI is InChI=1S/C27H52N4O4/c1-19-23(32)12-11-22(31-19)21-9-7-20(8-10-21)6-4-3-5-13-27(35,17-25(33)34)18-30-26(2)14-15-29-24(28)16-26/h19-24,29-32,35H,3-18,28H2,1-2H3,(H,33,34). The molecule has 8 nitrogen and oxygen atoms in total. The molecule has 2 heterocycles. The number of carboxylic acid groups (broad SMARTS) is 1. The van der Waals surface area contributed by atoms with Crippen molar-refractivity contribution in [2.75, 3.05) is 13.1 Å². The number of aliphatic hydroxyl groups excluding tert-OH is 1. The molecule has 3 rings (SSSR count). The van der Waals surface area contributed by atoms with E-state index in [-0.39, 0.29) is 36.8 Å². The molecular formula is C27H52N4O4. The number of carboxylic acids is 1. The molecule has 35 heavy (non-hydrogen) atoms. The molecular weight excluding hydrogens is 444 g/mol. The van der Waals surface area contributed by atoms with Crippen molar-refractivity contribution in [1.29, 1.82) is 0 Å². The first-order valence-electron chi connectivity index (χ1n) is 14.2. The Morgan fingerprint density at radius 2 is 1.89 bits per heavy atom. The van der Waals surface area contributed by atoms with Crippen LogP contribution in [0.4, 0.5) is 0 Å². The molecule has 6 unspecified atom stereocenters. The second-order valence-corrected chi connectivity index (χ2v) is 12.3. The number of hydrogen-bond donors (Lipinski definition) is 7. The largest absolute Gasteiger partial charge is 0.481 e. The highest BCUT2D eigenvalue weighted by Gasteiger charge is 2.36. The minimum atomic E-state index is -1.22. The summed E-state index contributed by atoms with van der Waals surface area (Å²) in [7, 11) is 0. The van der Waals surface area contributed by atoms with E-state index in [0.29, 0.717) is 12.5 Å². The van der Waals surface area contributed by atoms with Gasteiger partial charge in [-0.05, 0) is 77.2 Å². The summed E-state index contributed by atoms with van der Waals surface area (Å²) >= 11 is 0. The molecule has 0 aromatic heterocycles. The fourth-order valence-electron chi connectivity index (χ4n) is 6.70. The Kier molecular flexibility index (Phi) is 10.8. The molecule has 0 aromatic rings. The van der Waals surface area contributed by atoms with E-state index in [9.17, 15) is 20.1 Å². The van der Waals surface area contributed by atoms with E-state index in [1.807, 2.05) is 0 Å². The molecule has 204 valence electrons. The van der Waals surface area contributed by atoms with Crippen LogP contribution in [0.25, 0.3) is 0 Å². The van der Waals surface area contributed by atoms with E-state index in [4.69, 9.17) is 5.73 Å². The number of hydrogen-bond acceptors (Lipinski definition) is 7. The van der Waals surface area contributed by atoms with Gasteiger partial charge in [-0.25, -0.2) is 0 Å². The Hall–Kier alpha value is -0.770. The number of aliphatic carboxylic acids is 1. The minimum absolute atomic E-state index is 0.0701. The van der Waals surface area contributed by atoms with Gasteiger partial charge in [-0.15, -0.1) is 0 Å². The highest BCUT2D eigenvalue weighted by molar-refractivity contribution is 5.68. The second-order valence-electron chi connectivity index (χ2n) is 12.3. The van der Waals surface area contributed by atoms with Crippen LogP contribution in [0.2, 0.25) is 0 Å². The van der Waals surface area contributed by atoms with Crippen molar-refractivity contribution in [3.8, 4) is 0 Å². The lowest BCUT2D eigenvalue weighted by atomic mass is 9.74. The first kappa shape index (κ1) is 28.8. The fraction of sp³-hybridized carbons (Fsp3) is 0.963. The van der Waals surface area contributed by atoms with Crippen molar-refractivity contribution in [2.24, 2.45) is 17.6 Å². The highest BCUT2D eigenvalue weighted by Crippen LogP contribution is 2.36. The molecule has 1 saturated carbocycles. The summed E-state index contributed by atoms with van der Waals surface area (Å²) in [6.45, 7) is 5.32. The zero-order chi connectivity index (χ0) is 25.5. The van der Waals surface area contributed by atoms with Crippen LogP contribution in [0.3, 0.4) is 0 Å². The van der Waals surface area contributed by atoms with Gasteiger partial charge in [0.2, 0.25) is 0 Å². The lowest BCUT2D eigenvalue weighted by Crippen LogP contribution is -2.59. The van der Waals surface area contributed by atoms with Gasteiger partial charge in [-0.2, -0.15) is 0 Å². The third-order valence-corrected chi connectivity index (χ3v) is 9.12. The zero-order valence-electron chi connectivity index (χ0n) is 22.1. The Balaban J connectivity index is 1.33. The van der Waals surface area contributed by atoms with Gasteiger partial charge in [0, 0.05) is 24.2 Å². The SMILES string of the molecule is CC1NC(C2CCC(CCCCCC(O)(CNC3(C)CCNC(N)C3)CC(=O)O)CC2)CCC1O. The van der Waals surface area contributed by atoms with Crippen molar-refractivity contribution in [3.63, 3.8) is 0 Å². The molecule has 3 fully saturated rings. The van der Waals surface area contributed by atoms with Crippen molar-refractivity contribution in [1.82, 2.24) is 16.0 Å². The van der Waals surface area contributed by atoms with Crippen LogP contribution in [0, 0.1) is 11.8 Å².